The molecule has 0 bridgehead atoms. The zero-order chi connectivity index (χ0) is 17.5. The predicted molar refractivity (Wildman–Crippen MR) is 89.4 cm³/mol. The zero-order valence-corrected chi connectivity index (χ0v) is 14.4. The SMILES string of the molecule is CC(NC(=O)CN1C(=O)NC(C)(C2CC2)C1=O)c1cccc(Cl)c1. The first-order chi connectivity index (χ1) is 11.3. The third-order valence-electron chi connectivity index (χ3n) is 4.72. The number of imide groups is 1. The number of urea groups is 1. The molecule has 2 N–H and O–H groups in total. The molecule has 2 atom stereocenters. The predicted octanol–water partition coefficient (Wildman–Crippen LogP) is 2.24. The number of amides is 4. The van der Waals surface area contributed by atoms with Crippen LogP contribution in [0.15, 0.2) is 24.3 Å². The molecule has 2 unspecified atom stereocenters. The highest BCUT2D eigenvalue weighted by molar-refractivity contribution is 6.30. The Morgan fingerprint density at radius 2 is 2.17 bits per heavy atom. The Hall–Kier alpha value is -2.08. The fourth-order valence-corrected chi connectivity index (χ4v) is 3.29. The van der Waals surface area contributed by atoms with E-state index in [0.29, 0.717) is 5.02 Å². The largest absolute Gasteiger partial charge is 0.348 e. The number of hydrogen-bond acceptors (Lipinski definition) is 3. The van der Waals surface area contributed by atoms with Gasteiger partial charge in [0.05, 0.1) is 6.04 Å². The van der Waals surface area contributed by atoms with Crippen LogP contribution in [-0.4, -0.2) is 34.8 Å². The van der Waals surface area contributed by atoms with Crippen molar-refractivity contribution in [3.05, 3.63) is 34.9 Å². The van der Waals surface area contributed by atoms with E-state index in [4.69, 9.17) is 11.6 Å². The van der Waals surface area contributed by atoms with Crippen molar-refractivity contribution in [3.63, 3.8) is 0 Å². The molecule has 2 fully saturated rings. The number of hydrogen-bond donors (Lipinski definition) is 2. The fourth-order valence-electron chi connectivity index (χ4n) is 3.09. The lowest BCUT2D eigenvalue weighted by Gasteiger charge is -2.21. The number of rotatable bonds is 5. The van der Waals surface area contributed by atoms with Crippen LogP contribution in [0.5, 0.6) is 0 Å². The first kappa shape index (κ1) is 16.8. The van der Waals surface area contributed by atoms with Gasteiger partial charge in [-0.05, 0) is 50.3 Å². The smallest absolute Gasteiger partial charge is 0.325 e. The van der Waals surface area contributed by atoms with E-state index in [0.717, 1.165) is 23.3 Å². The second-order valence-electron chi connectivity index (χ2n) is 6.64. The van der Waals surface area contributed by atoms with Crippen molar-refractivity contribution in [1.82, 2.24) is 15.5 Å². The number of halogens is 1. The van der Waals surface area contributed by atoms with E-state index < -0.39 is 11.6 Å². The summed E-state index contributed by atoms with van der Waals surface area (Å²) in [7, 11) is 0. The van der Waals surface area contributed by atoms with E-state index in [1.54, 1.807) is 25.1 Å². The van der Waals surface area contributed by atoms with Gasteiger partial charge in [0.1, 0.15) is 12.1 Å². The quantitative estimate of drug-likeness (QED) is 0.800. The summed E-state index contributed by atoms with van der Waals surface area (Å²) in [6.07, 6.45) is 1.85. The van der Waals surface area contributed by atoms with E-state index in [1.165, 1.54) is 0 Å². The molecule has 7 heteroatoms. The number of benzene rings is 1. The molecule has 1 saturated carbocycles. The molecule has 0 spiro atoms. The summed E-state index contributed by atoms with van der Waals surface area (Å²) in [6.45, 7) is 3.28. The maximum absolute atomic E-state index is 12.5. The van der Waals surface area contributed by atoms with Gasteiger partial charge in [-0.3, -0.25) is 14.5 Å². The van der Waals surface area contributed by atoms with E-state index >= 15 is 0 Å². The van der Waals surface area contributed by atoms with Crippen LogP contribution in [0.25, 0.3) is 0 Å². The molecule has 6 nitrogen and oxygen atoms in total. The van der Waals surface area contributed by atoms with Crippen LogP contribution in [0.1, 0.15) is 38.3 Å². The number of nitrogens with one attached hydrogen (secondary N) is 2. The van der Waals surface area contributed by atoms with Gasteiger partial charge >= 0.3 is 6.03 Å². The summed E-state index contributed by atoms with van der Waals surface area (Å²) in [5.41, 5.74) is -0.00786. The third-order valence-corrected chi connectivity index (χ3v) is 4.96. The molecular weight excluding hydrogens is 330 g/mol. The minimum Gasteiger partial charge on any atom is -0.348 e. The monoisotopic (exact) mass is 349 g/mol. The number of carbonyl (C=O) groups is 3. The Kier molecular flexibility index (Phi) is 4.25. The molecule has 0 aromatic heterocycles. The van der Waals surface area contributed by atoms with Gasteiger partial charge in [-0.15, -0.1) is 0 Å². The normalized spacial score (nSPS) is 24.7. The van der Waals surface area contributed by atoms with E-state index in [9.17, 15) is 14.4 Å². The molecule has 2 aliphatic rings. The molecule has 128 valence electrons. The minimum absolute atomic E-state index is 0.174. The molecule has 3 rings (SSSR count). The molecule has 1 aliphatic heterocycles. The van der Waals surface area contributed by atoms with E-state index in [-0.39, 0.29) is 30.3 Å². The van der Waals surface area contributed by atoms with Gasteiger partial charge in [-0.2, -0.15) is 0 Å². The molecule has 0 radical (unpaired) electrons. The van der Waals surface area contributed by atoms with E-state index in [2.05, 4.69) is 10.6 Å². The summed E-state index contributed by atoms with van der Waals surface area (Å²) >= 11 is 5.95. The van der Waals surface area contributed by atoms with Gasteiger partial charge in [-0.25, -0.2) is 4.79 Å². The highest BCUT2D eigenvalue weighted by Crippen LogP contribution is 2.42. The van der Waals surface area contributed by atoms with E-state index in [1.807, 2.05) is 13.0 Å². The van der Waals surface area contributed by atoms with Crippen LogP contribution < -0.4 is 10.6 Å². The molecule has 1 saturated heterocycles. The van der Waals surface area contributed by atoms with Gasteiger partial charge in [-0.1, -0.05) is 23.7 Å². The van der Waals surface area contributed by atoms with Crippen LogP contribution in [0.3, 0.4) is 0 Å². The second kappa shape index (κ2) is 6.09. The summed E-state index contributed by atoms with van der Waals surface area (Å²) in [4.78, 5) is 37.8. The number of carbonyl (C=O) groups excluding carboxylic acids is 3. The van der Waals surface area contributed by atoms with Gasteiger partial charge < -0.3 is 10.6 Å². The Morgan fingerprint density at radius 1 is 1.46 bits per heavy atom. The lowest BCUT2D eigenvalue weighted by Crippen LogP contribution is -2.47. The molecule has 1 heterocycles. The van der Waals surface area contributed by atoms with Crippen molar-refractivity contribution in [2.75, 3.05) is 6.54 Å². The maximum atomic E-state index is 12.5. The topological polar surface area (TPSA) is 78.5 Å². The maximum Gasteiger partial charge on any atom is 0.325 e. The zero-order valence-electron chi connectivity index (χ0n) is 13.6. The summed E-state index contributed by atoms with van der Waals surface area (Å²) in [5.74, 6) is -0.529. The second-order valence-corrected chi connectivity index (χ2v) is 7.08. The first-order valence-electron chi connectivity index (χ1n) is 8.00. The summed E-state index contributed by atoms with van der Waals surface area (Å²) < 4.78 is 0. The highest BCUT2D eigenvalue weighted by atomic mass is 35.5. The molecule has 24 heavy (non-hydrogen) atoms. The van der Waals surface area contributed by atoms with Crippen molar-refractivity contribution in [2.45, 2.75) is 38.3 Å². The third kappa shape index (κ3) is 3.11. The fraction of sp³-hybridized carbons (Fsp3) is 0.471. The van der Waals surface area contributed by atoms with Crippen LogP contribution in [-0.2, 0) is 9.59 Å². The van der Waals surface area contributed by atoms with Crippen LogP contribution in [0, 0.1) is 5.92 Å². The van der Waals surface area contributed by atoms with Crippen molar-refractivity contribution < 1.29 is 14.4 Å². The lowest BCUT2D eigenvalue weighted by atomic mass is 9.96. The molecule has 4 amide bonds. The highest BCUT2D eigenvalue weighted by Gasteiger charge is 2.56. The van der Waals surface area contributed by atoms with Gasteiger partial charge in [0, 0.05) is 5.02 Å². The Balaban J connectivity index is 1.62. The Bertz CT molecular complexity index is 704. The summed E-state index contributed by atoms with van der Waals surface area (Å²) in [5, 5.41) is 6.11. The van der Waals surface area contributed by atoms with Gasteiger partial charge in [0.2, 0.25) is 5.91 Å². The van der Waals surface area contributed by atoms with Crippen molar-refractivity contribution in [3.8, 4) is 0 Å². The lowest BCUT2D eigenvalue weighted by molar-refractivity contribution is -0.135. The molecule has 1 aromatic rings. The van der Waals surface area contributed by atoms with Crippen molar-refractivity contribution >= 4 is 29.4 Å². The Labute approximate surface area is 145 Å². The van der Waals surface area contributed by atoms with Crippen molar-refractivity contribution in [2.24, 2.45) is 5.92 Å². The number of nitrogens with zero attached hydrogens (tertiary/aromatic N) is 1. The van der Waals surface area contributed by atoms with Gasteiger partial charge in [0.15, 0.2) is 0 Å². The standard InChI is InChI=1S/C17H20ClN3O3/c1-10(11-4-3-5-13(18)8-11)19-14(22)9-21-15(23)17(2,12-6-7-12)20-16(21)24/h3-5,8,10,12H,6-7,9H2,1-2H3,(H,19,22)(H,20,24). The average Bonchev–Trinajstić information content (AvgIpc) is 3.33. The molecular formula is C17H20ClN3O3. The van der Waals surface area contributed by atoms with Crippen molar-refractivity contribution in [1.29, 1.82) is 0 Å². The van der Waals surface area contributed by atoms with Crippen LogP contribution >= 0.6 is 11.6 Å². The summed E-state index contributed by atoms with van der Waals surface area (Å²) in [6, 6.07) is 6.41. The molecule has 1 aliphatic carbocycles. The minimum atomic E-state index is -0.865. The Morgan fingerprint density at radius 3 is 2.79 bits per heavy atom. The van der Waals surface area contributed by atoms with Crippen LogP contribution in [0.2, 0.25) is 5.02 Å². The first-order valence-corrected chi connectivity index (χ1v) is 8.38. The van der Waals surface area contributed by atoms with Crippen LogP contribution in [0.4, 0.5) is 4.79 Å². The molecule has 1 aromatic carbocycles. The average molecular weight is 350 g/mol. The van der Waals surface area contributed by atoms with Gasteiger partial charge in [0.25, 0.3) is 5.91 Å².